The number of benzene rings is 3. The van der Waals surface area contributed by atoms with E-state index < -0.39 is 11.3 Å². The van der Waals surface area contributed by atoms with Crippen LogP contribution in [0.5, 0.6) is 0 Å². The number of fused-ring (bicyclic) bond motifs is 1. The van der Waals surface area contributed by atoms with Crippen molar-refractivity contribution < 1.29 is 19.1 Å². The maximum atomic E-state index is 13.5. The van der Waals surface area contributed by atoms with Crippen LogP contribution in [0.3, 0.4) is 0 Å². The summed E-state index contributed by atoms with van der Waals surface area (Å²) in [6, 6.07) is 16.4. The predicted octanol–water partition coefficient (Wildman–Crippen LogP) is 5.19. The van der Waals surface area contributed by atoms with E-state index in [0.29, 0.717) is 28.2 Å². The number of nitrogens with one attached hydrogen (secondary N) is 2. The molecule has 5 rings (SSSR count). The Morgan fingerprint density at radius 3 is 2.48 bits per heavy atom. The molecule has 2 amide bonds. The van der Waals surface area contributed by atoms with E-state index in [1.54, 1.807) is 56.3 Å². The van der Waals surface area contributed by atoms with Crippen molar-refractivity contribution >= 4 is 45.8 Å². The molecular formula is C30H29ClFN5O3. The summed E-state index contributed by atoms with van der Waals surface area (Å²) in [4.78, 5) is 37.2. The molecule has 1 aliphatic rings. The van der Waals surface area contributed by atoms with Gasteiger partial charge in [0.15, 0.2) is 5.82 Å². The van der Waals surface area contributed by atoms with E-state index in [1.165, 1.54) is 12.1 Å². The van der Waals surface area contributed by atoms with E-state index in [9.17, 15) is 19.1 Å². The molecule has 8 nitrogen and oxygen atoms in total. The molecule has 0 spiro atoms. The van der Waals surface area contributed by atoms with Crippen molar-refractivity contribution in [2.45, 2.75) is 26.8 Å². The highest BCUT2D eigenvalue weighted by Crippen LogP contribution is 2.32. The molecule has 10 heteroatoms. The van der Waals surface area contributed by atoms with Crippen LogP contribution in [0, 0.1) is 11.2 Å². The molecule has 1 aromatic heterocycles. The van der Waals surface area contributed by atoms with E-state index in [4.69, 9.17) is 21.6 Å². The van der Waals surface area contributed by atoms with Gasteiger partial charge >= 0.3 is 0 Å². The van der Waals surface area contributed by atoms with Crippen molar-refractivity contribution in [1.82, 2.24) is 15.3 Å². The fourth-order valence-electron chi connectivity index (χ4n) is 4.24. The summed E-state index contributed by atoms with van der Waals surface area (Å²) in [6.45, 7) is 4.96. The number of carbonyl (C=O) groups is 2. The number of amides is 2. The fraction of sp³-hybridized carbons (Fsp3) is 0.267. The third kappa shape index (κ3) is 5.76. The smallest absolute Gasteiger partial charge is 0.257 e. The zero-order chi connectivity index (χ0) is 28.4. The van der Waals surface area contributed by atoms with Crippen LogP contribution in [-0.2, 0) is 11.3 Å². The first-order valence-corrected chi connectivity index (χ1v) is 13.3. The van der Waals surface area contributed by atoms with Gasteiger partial charge in [-0.15, -0.1) is 0 Å². The van der Waals surface area contributed by atoms with Gasteiger partial charge in [-0.25, -0.2) is 14.4 Å². The van der Waals surface area contributed by atoms with Gasteiger partial charge in [0, 0.05) is 36.3 Å². The summed E-state index contributed by atoms with van der Waals surface area (Å²) in [5.41, 5.74) is 1.88. The minimum Gasteiger partial charge on any atom is -0.395 e. The third-order valence-electron chi connectivity index (χ3n) is 6.93. The maximum absolute atomic E-state index is 13.5. The molecule has 0 aliphatic carbocycles. The highest BCUT2D eigenvalue weighted by Gasteiger charge is 2.26. The molecule has 2 heterocycles. The number of aliphatic hydroxyl groups is 1. The van der Waals surface area contributed by atoms with Crippen molar-refractivity contribution in [3.63, 3.8) is 0 Å². The minimum atomic E-state index is -0.918. The third-order valence-corrected chi connectivity index (χ3v) is 7.26. The Bertz CT molecular complexity index is 1590. The number of nitrogens with zero attached hydrogens (tertiary/aromatic N) is 3. The number of anilines is 2. The van der Waals surface area contributed by atoms with Crippen LogP contribution in [0.2, 0.25) is 5.02 Å². The quantitative estimate of drug-likeness (QED) is 0.273. The summed E-state index contributed by atoms with van der Waals surface area (Å²) in [6.07, 6.45) is 1.08. The highest BCUT2D eigenvalue weighted by atomic mass is 35.5. The van der Waals surface area contributed by atoms with Crippen molar-refractivity contribution in [2.75, 3.05) is 29.9 Å². The molecule has 0 saturated carbocycles. The Labute approximate surface area is 236 Å². The molecule has 0 radical (unpaired) electrons. The Hall–Kier alpha value is -4.08. The number of hydrogen-bond donors (Lipinski definition) is 3. The van der Waals surface area contributed by atoms with Gasteiger partial charge < -0.3 is 20.6 Å². The number of aromatic nitrogens is 2. The molecule has 0 unspecified atom stereocenters. The van der Waals surface area contributed by atoms with Gasteiger partial charge in [-0.1, -0.05) is 17.7 Å². The first-order valence-electron chi connectivity index (χ1n) is 13.0. The van der Waals surface area contributed by atoms with Crippen LogP contribution in [0.25, 0.3) is 22.3 Å². The molecule has 3 aromatic carbocycles. The zero-order valence-electron chi connectivity index (χ0n) is 22.2. The average Bonchev–Trinajstić information content (AvgIpc) is 2.91. The van der Waals surface area contributed by atoms with Gasteiger partial charge in [-0.3, -0.25) is 9.59 Å². The lowest BCUT2D eigenvalue weighted by Gasteiger charge is -2.33. The molecule has 1 aliphatic heterocycles. The molecule has 0 atom stereocenters. The molecule has 40 heavy (non-hydrogen) atoms. The summed E-state index contributed by atoms with van der Waals surface area (Å²) in [5.74, 6) is 0.225. The lowest BCUT2D eigenvalue weighted by atomic mass is 9.93. The van der Waals surface area contributed by atoms with E-state index in [1.807, 2.05) is 6.07 Å². The lowest BCUT2D eigenvalue weighted by Crippen LogP contribution is -2.38. The molecule has 1 saturated heterocycles. The fourth-order valence-corrected chi connectivity index (χ4v) is 4.44. The summed E-state index contributed by atoms with van der Waals surface area (Å²) >= 11 is 6.35. The second kappa shape index (κ2) is 11.2. The van der Waals surface area contributed by atoms with Gasteiger partial charge in [-0.2, -0.15) is 0 Å². The van der Waals surface area contributed by atoms with Crippen LogP contribution < -0.4 is 15.5 Å². The van der Waals surface area contributed by atoms with Crippen molar-refractivity contribution in [2.24, 2.45) is 5.41 Å². The Morgan fingerprint density at radius 1 is 1.05 bits per heavy atom. The standard InChI is InChI=1S/C30H29ClFN5O3/c1-30(2,17-38)29(40)33-16-18-4-11-24(31)23(14-18)28(39)34-21-9-10-22-25(15-21)35-26(19-5-7-20(32)8-6-19)36-27(22)37-12-3-13-37/h4-11,14-15,38H,3,12-13,16-17H2,1-2H3,(H,33,40)(H,34,39). The van der Waals surface area contributed by atoms with Gasteiger partial charge in [-0.05, 0) is 80.4 Å². The number of hydrogen-bond acceptors (Lipinski definition) is 6. The molecule has 0 bridgehead atoms. The molecule has 1 fully saturated rings. The predicted molar refractivity (Wildman–Crippen MR) is 154 cm³/mol. The molecule has 3 N–H and O–H groups in total. The normalized spacial score (nSPS) is 13.2. The van der Waals surface area contributed by atoms with E-state index in [-0.39, 0.29) is 35.5 Å². The number of halogens is 2. The first-order chi connectivity index (χ1) is 19.1. The second-order valence-electron chi connectivity index (χ2n) is 10.4. The number of rotatable bonds is 8. The highest BCUT2D eigenvalue weighted by molar-refractivity contribution is 6.34. The minimum absolute atomic E-state index is 0.179. The largest absolute Gasteiger partial charge is 0.395 e. The van der Waals surface area contributed by atoms with Crippen LogP contribution in [0.4, 0.5) is 15.9 Å². The van der Waals surface area contributed by atoms with Crippen molar-refractivity contribution in [3.05, 3.63) is 82.6 Å². The average molecular weight is 562 g/mol. The summed E-state index contributed by atoms with van der Waals surface area (Å²) < 4.78 is 13.5. The molecule has 206 valence electrons. The second-order valence-corrected chi connectivity index (χ2v) is 10.9. The van der Waals surface area contributed by atoms with Crippen LogP contribution in [0.15, 0.2) is 60.7 Å². The topological polar surface area (TPSA) is 107 Å². The van der Waals surface area contributed by atoms with Crippen molar-refractivity contribution in [1.29, 1.82) is 0 Å². The van der Waals surface area contributed by atoms with Gasteiger partial charge in [0.25, 0.3) is 5.91 Å². The molecular weight excluding hydrogens is 533 g/mol. The lowest BCUT2D eigenvalue weighted by molar-refractivity contribution is -0.131. The Kier molecular flexibility index (Phi) is 7.69. The molecule has 4 aromatic rings. The number of carbonyl (C=O) groups excluding carboxylic acids is 2. The Balaban J connectivity index is 1.40. The van der Waals surface area contributed by atoms with Gasteiger partial charge in [0.1, 0.15) is 11.6 Å². The van der Waals surface area contributed by atoms with E-state index in [2.05, 4.69) is 15.5 Å². The first kappa shape index (κ1) is 27.5. The van der Waals surface area contributed by atoms with Gasteiger partial charge in [0.2, 0.25) is 5.91 Å². The van der Waals surface area contributed by atoms with E-state index >= 15 is 0 Å². The van der Waals surface area contributed by atoms with Gasteiger partial charge in [0.05, 0.1) is 28.1 Å². The summed E-state index contributed by atoms with van der Waals surface area (Å²) in [7, 11) is 0. The Morgan fingerprint density at radius 2 is 1.80 bits per heavy atom. The van der Waals surface area contributed by atoms with Crippen LogP contribution in [-0.4, -0.2) is 46.6 Å². The zero-order valence-corrected chi connectivity index (χ0v) is 22.9. The van der Waals surface area contributed by atoms with Crippen LogP contribution >= 0.6 is 11.6 Å². The summed E-state index contributed by atoms with van der Waals surface area (Å²) in [5, 5.41) is 16.2. The van der Waals surface area contributed by atoms with Crippen molar-refractivity contribution in [3.8, 4) is 11.4 Å². The van der Waals surface area contributed by atoms with Crippen LogP contribution in [0.1, 0.15) is 36.2 Å². The van der Waals surface area contributed by atoms with E-state index in [0.717, 1.165) is 30.7 Å². The monoisotopic (exact) mass is 561 g/mol. The number of aliphatic hydroxyl groups excluding tert-OH is 1. The SMILES string of the molecule is CC(C)(CO)C(=O)NCc1ccc(Cl)c(C(=O)Nc2ccc3c(N4CCC4)nc(-c4ccc(F)cc4)nc3c2)c1. The maximum Gasteiger partial charge on any atom is 0.257 e.